The first-order chi connectivity index (χ1) is 7.38. The molecule has 4 nitrogen and oxygen atoms in total. The summed E-state index contributed by atoms with van der Waals surface area (Å²) in [5.74, 6) is 0.0625. The number of aliphatic hydroxyl groups is 1. The van der Waals surface area contributed by atoms with Crippen LogP contribution in [0.2, 0.25) is 0 Å². The van der Waals surface area contributed by atoms with Gasteiger partial charge in [-0.1, -0.05) is 0 Å². The Morgan fingerprint density at radius 3 is 2.56 bits per heavy atom. The van der Waals surface area contributed by atoms with Gasteiger partial charge in [0.25, 0.3) is 0 Å². The van der Waals surface area contributed by atoms with Crippen LogP contribution in [0.15, 0.2) is 0 Å². The lowest BCUT2D eigenvalue weighted by Crippen LogP contribution is -2.43. The van der Waals surface area contributed by atoms with E-state index >= 15 is 0 Å². The van der Waals surface area contributed by atoms with Gasteiger partial charge in [-0.3, -0.25) is 4.79 Å². The fraction of sp³-hybridized carbons (Fsp3) is 0.917. The zero-order valence-electron chi connectivity index (χ0n) is 10.5. The van der Waals surface area contributed by atoms with Crippen LogP contribution in [-0.2, 0) is 4.79 Å². The summed E-state index contributed by atoms with van der Waals surface area (Å²) in [5.41, 5.74) is -0.163. The van der Waals surface area contributed by atoms with Crippen LogP contribution in [0, 0.1) is 0 Å². The zero-order valence-corrected chi connectivity index (χ0v) is 10.5. The lowest BCUT2D eigenvalue weighted by Gasteiger charge is -2.21. The van der Waals surface area contributed by atoms with E-state index in [1.165, 1.54) is 0 Å². The van der Waals surface area contributed by atoms with Gasteiger partial charge in [-0.15, -0.1) is 0 Å². The number of aliphatic hydroxyl groups excluding tert-OH is 1. The van der Waals surface area contributed by atoms with Gasteiger partial charge in [0.2, 0.25) is 5.91 Å². The van der Waals surface area contributed by atoms with Gasteiger partial charge < -0.3 is 15.7 Å². The van der Waals surface area contributed by atoms with E-state index in [2.05, 4.69) is 10.6 Å². The Morgan fingerprint density at radius 2 is 2.06 bits per heavy atom. The fourth-order valence-electron chi connectivity index (χ4n) is 2.03. The predicted molar refractivity (Wildman–Crippen MR) is 64.2 cm³/mol. The molecule has 0 saturated heterocycles. The number of hydrogen-bond acceptors (Lipinski definition) is 3. The Hall–Kier alpha value is -0.610. The number of hydrogen-bond donors (Lipinski definition) is 3. The van der Waals surface area contributed by atoms with Gasteiger partial charge >= 0.3 is 0 Å². The van der Waals surface area contributed by atoms with Crippen molar-refractivity contribution in [3.63, 3.8) is 0 Å². The monoisotopic (exact) mass is 228 g/mol. The largest absolute Gasteiger partial charge is 0.392 e. The van der Waals surface area contributed by atoms with Crippen LogP contribution < -0.4 is 10.6 Å². The molecule has 2 atom stereocenters. The van der Waals surface area contributed by atoms with Crippen LogP contribution in [0.4, 0.5) is 0 Å². The molecular weight excluding hydrogens is 204 g/mol. The maximum Gasteiger partial charge on any atom is 0.221 e. The van der Waals surface area contributed by atoms with Crippen LogP contribution in [0.25, 0.3) is 0 Å². The van der Waals surface area contributed by atoms with Crippen LogP contribution in [0.1, 0.15) is 46.5 Å². The van der Waals surface area contributed by atoms with Gasteiger partial charge in [-0.2, -0.15) is 0 Å². The van der Waals surface area contributed by atoms with Crippen molar-refractivity contribution < 1.29 is 9.90 Å². The highest BCUT2D eigenvalue weighted by Gasteiger charge is 2.24. The molecule has 2 unspecified atom stereocenters. The SMILES string of the molecule is CC(C)(C)NC(=O)CCNC1CCCC1O. The third-order valence-electron chi connectivity index (χ3n) is 2.75. The van der Waals surface area contributed by atoms with E-state index in [1.807, 2.05) is 20.8 Å². The molecule has 1 rings (SSSR count). The Balaban J connectivity index is 2.13. The summed E-state index contributed by atoms with van der Waals surface area (Å²) in [6.07, 6.45) is 3.22. The molecule has 3 N–H and O–H groups in total. The summed E-state index contributed by atoms with van der Waals surface area (Å²) in [4.78, 5) is 11.5. The van der Waals surface area contributed by atoms with Crippen molar-refractivity contribution >= 4 is 5.91 Å². The number of carbonyl (C=O) groups is 1. The van der Waals surface area contributed by atoms with Gasteiger partial charge in [-0.25, -0.2) is 0 Å². The summed E-state index contributed by atoms with van der Waals surface area (Å²) in [6.45, 7) is 6.56. The molecular formula is C12H24N2O2. The summed E-state index contributed by atoms with van der Waals surface area (Å²) in [6, 6.07) is 0.183. The lowest BCUT2D eigenvalue weighted by atomic mass is 10.1. The third-order valence-corrected chi connectivity index (χ3v) is 2.75. The van der Waals surface area contributed by atoms with E-state index in [0.29, 0.717) is 13.0 Å². The molecule has 1 fully saturated rings. The van der Waals surface area contributed by atoms with Crippen LogP contribution in [0.5, 0.6) is 0 Å². The minimum atomic E-state index is -0.231. The van der Waals surface area contributed by atoms with Crippen LogP contribution in [-0.4, -0.2) is 35.2 Å². The molecule has 0 aliphatic heterocycles. The fourth-order valence-corrected chi connectivity index (χ4v) is 2.03. The van der Waals surface area contributed by atoms with Gasteiger partial charge in [0.05, 0.1) is 6.10 Å². The highest BCUT2D eigenvalue weighted by molar-refractivity contribution is 5.76. The van der Waals surface area contributed by atoms with E-state index in [9.17, 15) is 9.90 Å². The second kappa shape index (κ2) is 5.64. The van der Waals surface area contributed by atoms with Gasteiger partial charge in [-0.05, 0) is 40.0 Å². The van der Waals surface area contributed by atoms with E-state index in [0.717, 1.165) is 19.3 Å². The molecule has 0 bridgehead atoms. The molecule has 1 amide bonds. The molecule has 4 heteroatoms. The minimum Gasteiger partial charge on any atom is -0.392 e. The van der Waals surface area contributed by atoms with Gasteiger partial charge in [0.1, 0.15) is 0 Å². The van der Waals surface area contributed by atoms with Crippen LogP contribution >= 0.6 is 0 Å². The molecule has 0 spiro atoms. The molecule has 94 valence electrons. The van der Waals surface area contributed by atoms with Gasteiger partial charge in [0, 0.05) is 24.5 Å². The maximum absolute atomic E-state index is 11.5. The molecule has 0 heterocycles. The second-order valence-corrected chi connectivity index (χ2v) is 5.61. The van der Waals surface area contributed by atoms with Crippen molar-refractivity contribution in [2.45, 2.75) is 64.1 Å². The first-order valence-electron chi connectivity index (χ1n) is 6.11. The molecule has 0 aromatic heterocycles. The quantitative estimate of drug-likeness (QED) is 0.667. The van der Waals surface area contributed by atoms with Crippen molar-refractivity contribution in [1.82, 2.24) is 10.6 Å². The Morgan fingerprint density at radius 1 is 1.38 bits per heavy atom. The number of amides is 1. The van der Waals surface area contributed by atoms with E-state index in [1.54, 1.807) is 0 Å². The molecule has 1 saturated carbocycles. The molecule has 1 aliphatic rings. The van der Waals surface area contributed by atoms with Crippen molar-refractivity contribution in [3.05, 3.63) is 0 Å². The summed E-state index contributed by atoms with van der Waals surface area (Å²) in [7, 11) is 0. The average Bonchev–Trinajstić information content (AvgIpc) is 2.48. The predicted octanol–water partition coefficient (Wildman–Crippen LogP) is 0.794. The number of rotatable bonds is 4. The first kappa shape index (κ1) is 13.5. The molecule has 16 heavy (non-hydrogen) atoms. The highest BCUT2D eigenvalue weighted by atomic mass is 16.3. The summed E-state index contributed by atoms with van der Waals surface area (Å²) < 4.78 is 0. The van der Waals surface area contributed by atoms with Crippen LogP contribution in [0.3, 0.4) is 0 Å². The molecule has 1 aliphatic carbocycles. The smallest absolute Gasteiger partial charge is 0.221 e. The molecule has 0 aromatic rings. The third kappa shape index (κ3) is 4.94. The highest BCUT2D eigenvalue weighted by Crippen LogP contribution is 2.18. The summed E-state index contributed by atoms with van der Waals surface area (Å²) in [5, 5.41) is 15.7. The summed E-state index contributed by atoms with van der Waals surface area (Å²) >= 11 is 0. The number of carbonyl (C=O) groups excluding carboxylic acids is 1. The van der Waals surface area contributed by atoms with Crippen molar-refractivity contribution in [2.24, 2.45) is 0 Å². The normalized spacial score (nSPS) is 25.8. The Labute approximate surface area is 97.8 Å². The maximum atomic E-state index is 11.5. The molecule has 0 radical (unpaired) electrons. The lowest BCUT2D eigenvalue weighted by molar-refractivity contribution is -0.122. The first-order valence-corrected chi connectivity index (χ1v) is 6.11. The topological polar surface area (TPSA) is 61.4 Å². The van der Waals surface area contributed by atoms with Crippen molar-refractivity contribution in [3.8, 4) is 0 Å². The Bertz CT molecular complexity index is 236. The van der Waals surface area contributed by atoms with Crippen molar-refractivity contribution in [1.29, 1.82) is 0 Å². The second-order valence-electron chi connectivity index (χ2n) is 5.61. The minimum absolute atomic E-state index is 0.0625. The zero-order chi connectivity index (χ0) is 12.2. The van der Waals surface area contributed by atoms with E-state index in [-0.39, 0.29) is 23.6 Å². The molecule has 0 aromatic carbocycles. The average molecular weight is 228 g/mol. The van der Waals surface area contributed by atoms with Gasteiger partial charge in [0.15, 0.2) is 0 Å². The standard InChI is InChI=1S/C12H24N2O2/c1-12(2,3)14-11(16)7-8-13-9-5-4-6-10(9)15/h9-10,13,15H,4-8H2,1-3H3,(H,14,16). The number of nitrogens with one attached hydrogen (secondary N) is 2. The Kier molecular flexibility index (Phi) is 4.74. The van der Waals surface area contributed by atoms with Crippen molar-refractivity contribution in [2.75, 3.05) is 6.54 Å². The van der Waals surface area contributed by atoms with E-state index in [4.69, 9.17) is 0 Å². The van der Waals surface area contributed by atoms with E-state index < -0.39 is 0 Å².